The van der Waals surface area contributed by atoms with Crippen LogP contribution >= 0.6 is 31.9 Å². The Morgan fingerprint density at radius 2 is 1.56 bits per heavy atom. The number of nitrogens with one attached hydrogen (secondary N) is 2. The number of H-pyrrole nitrogens is 1. The van der Waals surface area contributed by atoms with Crippen LogP contribution in [-0.4, -0.2) is 92.5 Å². The van der Waals surface area contributed by atoms with E-state index in [1.165, 1.54) is 19.3 Å². The van der Waals surface area contributed by atoms with Crippen LogP contribution in [0.2, 0.25) is 0 Å². The van der Waals surface area contributed by atoms with Gasteiger partial charge in [0, 0.05) is 59.0 Å². The fraction of sp³-hybridized carbons (Fsp3) is 0.486. The number of piperidine rings is 3. The number of carbonyl (C=O) groups is 2. The first kappa shape index (κ1) is 33.1. The number of hydrogen-bond donors (Lipinski definition) is 3. The van der Waals surface area contributed by atoms with Crippen molar-refractivity contribution in [2.24, 2.45) is 0 Å². The third-order valence-corrected chi connectivity index (χ3v) is 11.8. The zero-order valence-corrected chi connectivity index (χ0v) is 30.1. The van der Waals surface area contributed by atoms with E-state index in [9.17, 15) is 14.4 Å². The SMILES string of the molecule is Nc1c(Br)cc(C[C@@H](NC(=O)N2CCC(n3c(=O)[nH]c4c5ccccc5ncc43)CC2)C(=O)N2CCC(N3CCCCC3)CC2)cc1Br. The molecular formula is C35H42Br2N8O3. The Labute approximate surface area is 296 Å². The number of anilines is 1. The molecule has 5 heterocycles. The molecule has 3 amide bonds. The summed E-state index contributed by atoms with van der Waals surface area (Å²) in [6.07, 6.45) is 9.06. The lowest BCUT2D eigenvalue weighted by Gasteiger charge is -2.41. The van der Waals surface area contributed by atoms with E-state index < -0.39 is 6.04 Å². The number of carbonyl (C=O) groups excluding carboxylic acids is 2. The number of likely N-dealkylation sites (tertiary alicyclic amines) is 3. The van der Waals surface area contributed by atoms with Gasteiger partial charge in [-0.05, 0) is 107 Å². The molecule has 3 fully saturated rings. The summed E-state index contributed by atoms with van der Waals surface area (Å²) in [5.74, 6) is -0.0514. The normalized spacial score (nSPS) is 19.2. The minimum atomic E-state index is -0.722. The van der Waals surface area contributed by atoms with Crippen LogP contribution in [0.25, 0.3) is 21.9 Å². The van der Waals surface area contributed by atoms with E-state index in [0.29, 0.717) is 57.2 Å². The van der Waals surface area contributed by atoms with Crippen LogP contribution in [0.15, 0.2) is 56.3 Å². The van der Waals surface area contributed by atoms with Crippen molar-refractivity contribution < 1.29 is 9.59 Å². The van der Waals surface area contributed by atoms with Gasteiger partial charge in [-0.2, -0.15) is 0 Å². The Balaban J connectivity index is 1.04. The largest absolute Gasteiger partial charge is 0.397 e. The fourth-order valence-electron chi connectivity index (χ4n) is 7.80. The second kappa shape index (κ2) is 14.2. The highest BCUT2D eigenvalue weighted by Crippen LogP contribution is 2.31. The molecule has 11 nitrogen and oxygen atoms in total. The summed E-state index contributed by atoms with van der Waals surface area (Å²) >= 11 is 7.06. The predicted molar refractivity (Wildman–Crippen MR) is 195 cm³/mol. The summed E-state index contributed by atoms with van der Waals surface area (Å²) in [6.45, 7) is 4.62. The van der Waals surface area contributed by atoms with E-state index >= 15 is 0 Å². The molecule has 2 aromatic heterocycles. The van der Waals surface area contributed by atoms with Crippen LogP contribution < -0.4 is 16.7 Å². The standard InChI is InChI=1S/C35H42Br2N8O3/c36-26-18-22(19-27(37)31(26)38)20-29(33(46)43-14-8-23(9-15-43)42-12-4-1-5-13-42)40-34(47)44-16-10-24(11-17-44)45-30-21-39-28-7-3-2-6-25(28)32(30)41-35(45)48/h2-3,6-7,18-19,21,23-24,29H,1,4-5,8-17,20,38H2,(H,40,47)(H,41,48)/t29-/m1/s1. The number of para-hydroxylation sites is 1. The molecule has 0 bridgehead atoms. The minimum absolute atomic E-state index is 0.0514. The number of urea groups is 1. The number of benzene rings is 2. The Kier molecular flexibility index (Phi) is 9.79. The first-order chi connectivity index (χ1) is 23.3. The van der Waals surface area contributed by atoms with Crippen molar-refractivity contribution in [3.63, 3.8) is 0 Å². The van der Waals surface area contributed by atoms with Gasteiger partial charge in [0.1, 0.15) is 6.04 Å². The lowest BCUT2D eigenvalue weighted by molar-refractivity contribution is -0.134. The highest BCUT2D eigenvalue weighted by atomic mass is 79.9. The zero-order chi connectivity index (χ0) is 33.4. The lowest BCUT2D eigenvalue weighted by atomic mass is 9.98. The van der Waals surface area contributed by atoms with Crippen LogP contribution in [0.4, 0.5) is 10.5 Å². The van der Waals surface area contributed by atoms with Crippen molar-refractivity contribution in [2.75, 3.05) is 45.0 Å². The number of nitrogens with zero attached hydrogens (tertiary/aromatic N) is 5. The third kappa shape index (κ3) is 6.73. The maximum atomic E-state index is 14.1. The van der Waals surface area contributed by atoms with E-state index in [2.05, 4.69) is 52.0 Å². The van der Waals surface area contributed by atoms with Gasteiger partial charge in [0.05, 0.1) is 28.4 Å². The van der Waals surface area contributed by atoms with Crippen molar-refractivity contribution in [3.8, 4) is 0 Å². The molecule has 0 saturated carbocycles. The summed E-state index contributed by atoms with van der Waals surface area (Å²) in [5, 5.41) is 4.02. The molecule has 0 spiro atoms. The first-order valence-corrected chi connectivity index (χ1v) is 18.6. The molecule has 48 heavy (non-hydrogen) atoms. The van der Waals surface area contributed by atoms with Crippen LogP contribution in [0, 0.1) is 0 Å². The molecule has 0 unspecified atom stereocenters. The Hall–Kier alpha value is -3.42. The van der Waals surface area contributed by atoms with E-state index in [0.717, 1.165) is 62.4 Å². The summed E-state index contributed by atoms with van der Waals surface area (Å²) < 4.78 is 3.27. The number of fused-ring (bicyclic) bond motifs is 3. The van der Waals surface area contributed by atoms with Gasteiger partial charge < -0.3 is 30.7 Å². The van der Waals surface area contributed by atoms with Gasteiger partial charge in [-0.25, -0.2) is 9.59 Å². The Bertz CT molecular complexity index is 1850. The number of rotatable bonds is 6. The van der Waals surface area contributed by atoms with E-state index in [1.807, 2.05) is 41.3 Å². The van der Waals surface area contributed by atoms with Crippen molar-refractivity contribution in [1.29, 1.82) is 0 Å². The number of pyridine rings is 1. The quantitative estimate of drug-likeness (QED) is 0.224. The number of halogens is 2. The van der Waals surface area contributed by atoms with Crippen molar-refractivity contribution in [1.82, 2.24) is 34.6 Å². The van der Waals surface area contributed by atoms with Gasteiger partial charge in [-0.1, -0.05) is 24.6 Å². The second-order valence-corrected chi connectivity index (χ2v) is 15.1. The van der Waals surface area contributed by atoms with Crippen LogP contribution in [-0.2, 0) is 11.2 Å². The molecule has 3 aliphatic heterocycles. The number of imidazole rings is 1. The molecular weight excluding hydrogens is 740 g/mol. The number of hydrogen-bond acceptors (Lipinski definition) is 6. The molecule has 4 N–H and O–H groups in total. The van der Waals surface area contributed by atoms with Gasteiger partial charge >= 0.3 is 11.7 Å². The summed E-state index contributed by atoms with van der Waals surface area (Å²) in [5.41, 5.74) is 9.85. The van der Waals surface area contributed by atoms with E-state index in [4.69, 9.17) is 5.73 Å². The number of aromatic amines is 1. The topological polar surface area (TPSA) is 133 Å². The van der Waals surface area contributed by atoms with Gasteiger partial charge in [-0.3, -0.25) is 14.3 Å². The first-order valence-electron chi connectivity index (χ1n) is 17.1. The molecule has 13 heteroatoms. The molecule has 7 rings (SSSR count). The summed E-state index contributed by atoms with van der Waals surface area (Å²) in [7, 11) is 0. The van der Waals surface area contributed by atoms with Gasteiger partial charge in [0.2, 0.25) is 5.91 Å². The van der Waals surface area contributed by atoms with Crippen molar-refractivity contribution in [2.45, 2.75) is 69.5 Å². The highest BCUT2D eigenvalue weighted by Gasteiger charge is 2.34. The van der Waals surface area contributed by atoms with Crippen molar-refractivity contribution in [3.05, 3.63) is 67.6 Å². The van der Waals surface area contributed by atoms with Gasteiger partial charge in [0.25, 0.3) is 0 Å². The van der Waals surface area contributed by atoms with Crippen LogP contribution in [0.3, 0.4) is 0 Å². The predicted octanol–water partition coefficient (Wildman–Crippen LogP) is 5.42. The molecule has 254 valence electrons. The fourth-order valence-corrected chi connectivity index (χ4v) is 9.08. The second-order valence-electron chi connectivity index (χ2n) is 13.4. The molecule has 2 aromatic carbocycles. The van der Waals surface area contributed by atoms with E-state index in [1.54, 1.807) is 15.7 Å². The number of nitrogen functional groups attached to an aromatic ring is 1. The maximum Gasteiger partial charge on any atom is 0.326 e. The highest BCUT2D eigenvalue weighted by molar-refractivity contribution is 9.11. The van der Waals surface area contributed by atoms with Gasteiger partial charge in [-0.15, -0.1) is 0 Å². The van der Waals surface area contributed by atoms with Crippen molar-refractivity contribution >= 4 is 71.4 Å². The molecule has 0 radical (unpaired) electrons. The lowest BCUT2D eigenvalue weighted by Crippen LogP contribution is -2.56. The monoisotopic (exact) mass is 780 g/mol. The number of aromatic nitrogens is 3. The molecule has 4 aromatic rings. The van der Waals surface area contributed by atoms with Gasteiger partial charge in [0.15, 0.2) is 0 Å². The summed E-state index contributed by atoms with van der Waals surface area (Å²) in [4.78, 5) is 54.9. The number of nitrogens with two attached hydrogens (primary N) is 1. The Morgan fingerprint density at radius 1 is 0.917 bits per heavy atom. The molecule has 1 atom stereocenters. The molecule has 3 aliphatic rings. The smallest absolute Gasteiger partial charge is 0.326 e. The van der Waals surface area contributed by atoms with Crippen LogP contribution in [0.1, 0.15) is 56.6 Å². The Morgan fingerprint density at radius 3 is 2.27 bits per heavy atom. The van der Waals surface area contributed by atoms with E-state index in [-0.39, 0.29) is 23.7 Å². The minimum Gasteiger partial charge on any atom is -0.397 e. The average Bonchev–Trinajstić information content (AvgIpc) is 3.46. The maximum absolute atomic E-state index is 14.1. The average molecular weight is 783 g/mol. The molecule has 3 saturated heterocycles. The number of amides is 3. The molecule has 0 aliphatic carbocycles. The zero-order valence-electron chi connectivity index (χ0n) is 27.0. The third-order valence-electron chi connectivity index (χ3n) is 10.4. The van der Waals surface area contributed by atoms with Crippen LogP contribution in [0.5, 0.6) is 0 Å². The summed E-state index contributed by atoms with van der Waals surface area (Å²) in [6, 6.07) is 11.1.